The Morgan fingerprint density at radius 3 is 2.76 bits per heavy atom. The minimum absolute atomic E-state index is 0.161. The molecule has 0 aliphatic carbocycles. The standard InChI is InChI=1S/C11H17BrN2O2S/c1-11(16,7-14(2)3)6-13-10(15)9-8(12)4-5-17-9/h4-5,16H,6-7H2,1-3H3,(H,13,15). The molecule has 0 saturated carbocycles. The van der Waals surface area contributed by atoms with Crippen LogP contribution < -0.4 is 5.32 Å². The lowest BCUT2D eigenvalue weighted by atomic mass is 10.1. The van der Waals surface area contributed by atoms with Crippen LogP contribution in [0.25, 0.3) is 0 Å². The Morgan fingerprint density at radius 2 is 2.29 bits per heavy atom. The number of rotatable bonds is 5. The average Bonchev–Trinajstić information content (AvgIpc) is 2.59. The molecule has 0 saturated heterocycles. The smallest absolute Gasteiger partial charge is 0.262 e. The lowest BCUT2D eigenvalue weighted by molar-refractivity contribution is 0.0326. The van der Waals surface area contributed by atoms with Crippen LogP contribution in [-0.4, -0.2) is 48.7 Å². The van der Waals surface area contributed by atoms with Crippen LogP contribution in [0, 0.1) is 0 Å². The summed E-state index contributed by atoms with van der Waals surface area (Å²) in [7, 11) is 3.76. The van der Waals surface area contributed by atoms with Crippen LogP contribution in [0.2, 0.25) is 0 Å². The van der Waals surface area contributed by atoms with Gasteiger partial charge >= 0.3 is 0 Å². The van der Waals surface area contributed by atoms with Gasteiger partial charge in [-0.3, -0.25) is 4.79 Å². The zero-order valence-corrected chi connectivity index (χ0v) is 12.6. The summed E-state index contributed by atoms with van der Waals surface area (Å²) in [6, 6.07) is 1.83. The van der Waals surface area contributed by atoms with Crippen molar-refractivity contribution in [2.45, 2.75) is 12.5 Å². The van der Waals surface area contributed by atoms with Crippen LogP contribution in [0.3, 0.4) is 0 Å². The number of aliphatic hydroxyl groups is 1. The Morgan fingerprint density at radius 1 is 1.65 bits per heavy atom. The minimum Gasteiger partial charge on any atom is -0.387 e. The summed E-state index contributed by atoms with van der Waals surface area (Å²) in [5.41, 5.74) is -0.928. The second-order valence-corrected chi connectivity index (χ2v) is 6.29. The third kappa shape index (κ3) is 4.75. The van der Waals surface area contributed by atoms with E-state index < -0.39 is 5.60 Å². The Bertz CT molecular complexity index is 391. The Labute approximate surface area is 114 Å². The third-order valence-corrected chi connectivity index (χ3v) is 3.95. The van der Waals surface area contributed by atoms with Gasteiger partial charge in [0.15, 0.2) is 0 Å². The number of halogens is 1. The number of hydrogen-bond donors (Lipinski definition) is 2. The first-order valence-corrected chi connectivity index (χ1v) is 6.87. The molecule has 0 aliphatic rings. The zero-order valence-electron chi connectivity index (χ0n) is 10.2. The number of nitrogens with zero attached hydrogens (tertiary/aromatic N) is 1. The summed E-state index contributed by atoms with van der Waals surface area (Å²) < 4.78 is 0.784. The molecule has 4 nitrogen and oxygen atoms in total. The Hall–Kier alpha value is -0.430. The van der Waals surface area contributed by atoms with Gasteiger partial charge < -0.3 is 15.3 Å². The van der Waals surface area contributed by atoms with Crippen molar-refractivity contribution in [2.75, 3.05) is 27.2 Å². The molecule has 0 spiro atoms. The van der Waals surface area contributed by atoms with Gasteiger partial charge in [-0.25, -0.2) is 0 Å². The second-order valence-electron chi connectivity index (χ2n) is 4.52. The maximum atomic E-state index is 11.8. The first-order valence-electron chi connectivity index (χ1n) is 5.20. The molecule has 0 radical (unpaired) electrons. The molecule has 1 atom stereocenters. The van der Waals surface area contributed by atoms with Crippen molar-refractivity contribution in [1.82, 2.24) is 10.2 Å². The predicted molar refractivity (Wildman–Crippen MR) is 73.5 cm³/mol. The summed E-state index contributed by atoms with van der Waals surface area (Å²) in [5.74, 6) is -0.161. The number of likely N-dealkylation sites (N-methyl/N-ethyl adjacent to an activating group) is 1. The number of thiophene rings is 1. The van der Waals surface area contributed by atoms with Gasteiger partial charge in [0, 0.05) is 17.6 Å². The maximum absolute atomic E-state index is 11.8. The van der Waals surface area contributed by atoms with Gasteiger partial charge in [-0.2, -0.15) is 0 Å². The van der Waals surface area contributed by atoms with E-state index in [0.717, 1.165) is 4.47 Å². The summed E-state index contributed by atoms with van der Waals surface area (Å²) in [4.78, 5) is 14.3. The fourth-order valence-electron chi connectivity index (χ4n) is 1.54. The molecular weight excluding hydrogens is 304 g/mol. The molecule has 0 aliphatic heterocycles. The summed E-state index contributed by atoms with van der Waals surface area (Å²) in [5, 5.41) is 14.6. The van der Waals surface area contributed by atoms with Crippen molar-refractivity contribution < 1.29 is 9.90 Å². The fraction of sp³-hybridized carbons (Fsp3) is 0.545. The van der Waals surface area contributed by atoms with Crippen molar-refractivity contribution in [3.63, 3.8) is 0 Å². The largest absolute Gasteiger partial charge is 0.387 e. The highest BCUT2D eigenvalue weighted by molar-refractivity contribution is 9.10. The zero-order chi connectivity index (χ0) is 13.1. The first-order chi connectivity index (χ1) is 7.82. The molecule has 1 rings (SSSR count). The average molecular weight is 321 g/mol. The molecule has 0 aromatic carbocycles. The van der Waals surface area contributed by atoms with E-state index in [1.54, 1.807) is 6.92 Å². The van der Waals surface area contributed by atoms with E-state index in [-0.39, 0.29) is 12.5 Å². The monoisotopic (exact) mass is 320 g/mol. The number of carbonyl (C=O) groups is 1. The van der Waals surface area contributed by atoms with Gasteiger partial charge in [0.1, 0.15) is 4.88 Å². The molecule has 96 valence electrons. The molecular formula is C11H17BrN2O2S. The van der Waals surface area contributed by atoms with Crippen LogP contribution >= 0.6 is 27.3 Å². The van der Waals surface area contributed by atoms with Crippen LogP contribution in [-0.2, 0) is 0 Å². The van der Waals surface area contributed by atoms with Gasteiger partial charge in [-0.05, 0) is 48.4 Å². The molecule has 0 fully saturated rings. The van der Waals surface area contributed by atoms with Gasteiger partial charge in [-0.15, -0.1) is 11.3 Å². The highest BCUT2D eigenvalue weighted by Crippen LogP contribution is 2.22. The van der Waals surface area contributed by atoms with Crippen molar-refractivity contribution in [3.8, 4) is 0 Å². The van der Waals surface area contributed by atoms with Gasteiger partial charge in [-0.1, -0.05) is 0 Å². The van der Waals surface area contributed by atoms with E-state index in [1.165, 1.54) is 11.3 Å². The molecule has 2 N–H and O–H groups in total. The van der Waals surface area contributed by atoms with Crippen molar-refractivity contribution >= 4 is 33.2 Å². The van der Waals surface area contributed by atoms with Crippen LogP contribution in [0.4, 0.5) is 0 Å². The van der Waals surface area contributed by atoms with Gasteiger partial charge in [0.25, 0.3) is 5.91 Å². The van der Waals surface area contributed by atoms with Crippen LogP contribution in [0.1, 0.15) is 16.6 Å². The van der Waals surface area contributed by atoms with E-state index >= 15 is 0 Å². The number of carbonyl (C=O) groups excluding carboxylic acids is 1. The summed E-state index contributed by atoms with van der Waals surface area (Å²) in [6.45, 7) is 2.43. The van der Waals surface area contributed by atoms with E-state index in [2.05, 4.69) is 21.2 Å². The minimum atomic E-state index is -0.928. The molecule has 6 heteroatoms. The molecule has 1 aromatic heterocycles. The lowest BCUT2D eigenvalue weighted by Gasteiger charge is -2.26. The molecule has 1 aromatic rings. The van der Waals surface area contributed by atoms with Gasteiger partial charge in [0.2, 0.25) is 0 Å². The normalized spacial score (nSPS) is 14.7. The molecule has 1 unspecified atom stereocenters. The number of hydrogen-bond acceptors (Lipinski definition) is 4. The van der Waals surface area contributed by atoms with Gasteiger partial charge in [0.05, 0.1) is 5.60 Å². The van der Waals surface area contributed by atoms with E-state index in [9.17, 15) is 9.90 Å². The molecule has 17 heavy (non-hydrogen) atoms. The van der Waals surface area contributed by atoms with Crippen molar-refractivity contribution in [1.29, 1.82) is 0 Å². The van der Waals surface area contributed by atoms with E-state index in [0.29, 0.717) is 11.4 Å². The maximum Gasteiger partial charge on any atom is 0.262 e. The van der Waals surface area contributed by atoms with Crippen molar-refractivity contribution in [3.05, 3.63) is 20.8 Å². The second kappa shape index (κ2) is 5.95. The third-order valence-electron chi connectivity index (χ3n) is 2.11. The Kier molecular flexibility index (Phi) is 5.12. The number of nitrogens with one attached hydrogen (secondary N) is 1. The summed E-state index contributed by atoms with van der Waals surface area (Å²) in [6.07, 6.45) is 0. The van der Waals surface area contributed by atoms with Crippen molar-refractivity contribution in [2.24, 2.45) is 0 Å². The van der Waals surface area contributed by atoms with E-state index in [1.807, 2.05) is 30.4 Å². The highest BCUT2D eigenvalue weighted by atomic mass is 79.9. The fourth-order valence-corrected chi connectivity index (χ4v) is 3.01. The van der Waals surface area contributed by atoms with Crippen LogP contribution in [0.15, 0.2) is 15.9 Å². The topological polar surface area (TPSA) is 52.6 Å². The Balaban J connectivity index is 2.51. The molecule has 1 heterocycles. The lowest BCUT2D eigenvalue weighted by Crippen LogP contribution is -2.47. The highest BCUT2D eigenvalue weighted by Gasteiger charge is 2.23. The molecule has 1 amide bonds. The SMILES string of the molecule is CN(C)CC(C)(O)CNC(=O)c1sccc1Br. The van der Waals surface area contributed by atoms with E-state index in [4.69, 9.17) is 0 Å². The number of amides is 1. The van der Waals surface area contributed by atoms with Crippen LogP contribution in [0.5, 0.6) is 0 Å². The quantitative estimate of drug-likeness (QED) is 0.865. The summed E-state index contributed by atoms with van der Waals surface area (Å²) >= 11 is 4.68. The predicted octanol–water partition coefficient (Wildman–Crippen LogP) is 1.55. The molecule has 0 bridgehead atoms. The first kappa shape index (κ1) is 14.6.